The number of aryl methyl sites for hydroxylation is 1. The highest BCUT2D eigenvalue weighted by Gasteiger charge is 2.27. The van der Waals surface area contributed by atoms with Gasteiger partial charge in [0, 0.05) is 18.5 Å². The number of halogens is 1. The van der Waals surface area contributed by atoms with Crippen LogP contribution in [0.15, 0.2) is 39.5 Å². The first-order valence-electron chi connectivity index (χ1n) is 8.67. The molecule has 0 radical (unpaired) electrons. The van der Waals surface area contributed by atoms with Crippen molar-refractivity contribution in [2.45, 2.75) is 31.8 Å². The maximum atomic E-state index is 14.3. The van der Waals surface area contributed by atoms with Crippen LogP contribution in [0.4, 0.5) is 10.1 Å². The van der Waals surface area contributed by atoms with Gasteiger partial charge in [0.05, 0.1) is 17.1 Å². The van der Waals surface area contributed by atoms with Crippen LogP contribution in [-0.4, -0.2) is 11.6 Å². The molecule has 0 fully saturated rings. The molecular formula is C19H19FN3OS3+. The van der Waals surface area contributed by atoms with Crippen molar-refractivity contribution in [2.75, 3.05) is 11.9 Å². The average Bonchev–Trinajstić information content (AvgIpc) is 3.32. The maximum Gasteiger partial charge on any atom is 0.271 e. The van der Waals surface area contributed by atoms with Crippen molar-refractivity contribution in [3.63, 3.8) is 0 Å². The zero-order valence-corrected chi connectivity index (χ0v) is 17.7. The van der Waals surface area contributed by atoms with E-state index in [-0.39, 0.29) is 11.4 Å². The van der Waals surface area contributed by atoms with Gasteiger partial charge >= 0.3 is 0 Å². The fraction of sp³-hybridized carbons (Fsp3) is 0.263. The van der Waals surface area contributed by atoms with E-state index in [2.05, 4.69) is 17.6 Å². The van der Waals surface area contributed by atoms with Gasteiger partial charge in [-0.1, -0.05) is 29.2 Å². The second-order valence-electron chi connectivity index (χ2n) is 6.04. The molecule has 0 aliphatic carbocycles. The summed E-state index contributed by atoms with van der Waals surface area (Å²) in [5.41, 5.74) is 0.525. The number of hydrogen-bond donors (Lipinski definition) is 0. The summed E-state index contributed by atoms with van der Waals surface area (Å²) in [6.07, 6.45) is 4.12. The predicted octanol–water partition coefficient (Wildman–Crippen LogP) is 2.57. The zero-order chi connectivity index (χ0) is 19.1. The molecule has 27 heavy (non-hydrogen) atoms. The van der Waals surface area contributed by atoms with Gasteiger partial charge < -0.3 is 4.90 Å². The van der Waals surface area contributed by atoms with Crippen LogP contribution < -0.4 is 24.2 Å². The van der Waals surface area contributed by atoms with Crippen molar-refractivity contribution in [3.05, 3.63) is 60.1 Å². The highest BCUT2D eigenvalue weighted by molar-refractivity contribution is 8.08. The van der Waals surface area contributed by atoms with Gasteiger partial charge in [-0.2, -0.15) is 4.57 Å². The molecular weight excluding hydrogens is 401 g/mol. The summed E-state index contributed by atoms with van der Waals surface area (Å²) in [5, 5.41) is 3.95. The lowest BCUT2D eigenvalue weighted by Crippen LogP contribution is -2.35. The van der Waals surface area contributed by atoms with Gasteiger partial charge in [0.1, 0.15) is 26.6 Å². The van der Waals surface area contributed by atoms with E-state index in [1.54, 1.807) is 26.9 Å². The van der Waals surface area contributed by atoms with E-state index in [0.717, 1.165) is 26.1 Å². The van der Waals surface area contributed by atoms with Crippen molar-refractivity contribution in [3.8, 4) is 0 Å². The van der Waals surface area contributed by atoms with Crippen molar-refractivity contribution >= 4 is 51.2 Å². The summed E-state index contributed by atoms with van der Waals surface area (Å²) >= 11 is 4.58. The van der Waals surface area contributed by atoms with Gasteiger partial charge in [-0.3, -0.25) is 9.36 Å². The molecule has 0 atom stereocenters. The number of hydrogen-bond acceptors (Lipinski definition) is 5. The fourth-order valence-corrected chi connectivity index (χ4v) is 6.54. The monoisotopic (exact) mass is 420 g/mol. The number of thiazole rings is 2. The fourth-order valence-electron chi connectivity index (χ4n) is 3.14. The largest absolute Gasteiger partial charge is 0.334 e. The molecule has 4 rings (SSSR count). The number of para-hydroxylation sites is 1. The number of anilines is 1. The van der Waals surface area contributed by atoms with Crippen molar-refractivity contribution < 1.29 is 8.96 Å². The summed E-state index contributed by atoms with van der Waals surface area (Å²) in [6.45, 7) is 5.56. The van der Waals surface area contributed by atoms with Gasteiger partial charge in [-0.25, -0.2) is 4.39 Å². The lowest BCUT2D eigenvalue weighted by atomic mass is 10.3. The van der Waals surface area contributed by atoms with Gasteiger partial charge in [0.2, 0.25) is 0 Å². The molecule has 140 valence electrons. The Morgan fingerprint density at radius 2 is 2.11 bits per heavy atom. The Bertz CT molecular complexity index is 1190. The Balaban J connectivity index is 1.94. The van der Waals surface area contributed by atoms with Gasteiger partial charge in [0.15, 0.2) is 6.20 Å². The quantitative estimate of drug-likeness (QED) is 0.610. The number of benzene rings is 1. The Morgan fingerprint density at radius 3 is 2.81 bits per heavy atom. The van der Waals surface area contributed by atoms with Crippen LogP contribution >= 0.6 is 34.4 Å². The van der Waals surface area contributed by atoms with Crippen LogP contribution in [0.5, 0.6) is 0 Å². The van der Waals surface area contributed by atoms with E-state index in [0.29, 0.717) is 16.8 Å². The molecule has 0 bridgehead atoms. The van der Waals surface area contributed by atoms with Gasteiger partial charge in [-0.05, 0) is 26.0 Å². The van der Waals surface area contributed by atoms with Crippen LogP contribution in [0.25, 0.3) is 11.1 Å². The smallest absolute Gasteiger partial charge is 0.271 e. The minimum atomic E-state index is -0.265. The number of fused-ring (bicyclic) bond motifs is 1. The topological polar surface area (TPSA) is 29.1 Å². The van der Waals surface area contributed by atoms with Crippen LogP contribution in [0.1, 0.15) is 18.9 Å². The Morgan fingerprint density at radius 1 is 1.30 bits per heavy atom. The summed E-state index contributed by atoms with van der Waals surface area (Å²) < 4.78 is 19.8. The number of nitrogens with zero attached hydrogens (tertiary/aromatic N) is 3. The first kappa shape index (κ1) is 18.5. The van der Waals surface area contributed by atoms with Gasteiger partial charge in [0.25, 0.3) is 10.6 Å². The van der Waals surface area contributed by atoms with Crippen LogP contribution in [0, 0.1) is 5.82 Å². The van der Waals surface area contributed by atoms with E-state index in [4.69, 9.17) is 0 Å². The van der Waals surface area contributed by atoms with Crippen molar-refractivity contribution in [1.82, 2.24) is 4.57 Å². The molecule has 0 spiro atoms. The Hall–Kier alpha value is -1.90. The van der Waals surface area contributed by atoms with E-state index in [9.17, 15) is 9.18 Å². The summed E-state index contributed by atoms with van der Waals surface area (Å²) in [4.78, 5) is 15.7. The molecule has 8 heteroatoms. The van der Waals surface area contributed by atoms with Crippen molar-refractivity contribution in [1.29, 1.82) is 0 Å². The first-order valence-corrected chi connectivity index (χ1v) is 11.2. The molecule has 0 saturated carbocycles. The lowest BCUT2D eigenvalue weighted by Gasteiger charge is -2.12. The third kappa shape index (κ3) is 3.05. The normalized spacial score (nSPS) is 16.3. The molecule has 0 unspecified atom stereocenters. The third-order valence-electron chi connectivity index (χ3n) is 4.52. The van der Waals surface area contributed by atoms with Crippen molar-refractivity contribution in [2.24, 2.45) is 0 Å². The predicted molar refractivity (Wildman–Crippen MR) is 111 cm³/mol. The number of thioether (sulfide) groups is 1. The molecule has 0 saturated heterocycles. The first-order chi connectivity index (χ1) is 13.0. The molecule has 3 heterocycles. The van der Waals surface area contributed by atoms with Crippen LogP contribution in [-0.2, 0) is 13.1 Å². The molecule has 0 N–H and O–H groups in total. The van der Waals surface area contributed by atoms with Crippen LogP contribution in [0.2, 0.25) is 0 Å². The molecule has 0 amide bonds. The SMILES string of the molecule is CCn1c(=O)/c(=C2\Sc3cccc(F)c3N2C)s/c1=C\c1scc[n+]1CC. The molecule has 4 nitrogen and oxygen atoms in total. The van der Waals surface area contributed by atoms with E-state index >= 15 is 0 Å². The standard InChI is InChI=1S/C19H19FN3OS3/c1-4-22-9-10-25-14(22)11-15-23(5-2)18(24)17(27-15)19-21(3)16-12(20)7-6-8-13(16)26-19/h6-11H,4-5H2,1-3H3/q+1/b19-17+. The van der Waals surface area contributed by atoms with E-state index < -0.39 is 0 Å². The van der Waals surface area contributed by atoms with Gasteiger partial charge in [-0.15, -0.1) is 11.3 Å². The van der Waals surface area contributed by atoms with E-state index in [1.807, 2.05) is 31.6 Å². The maximum absolute atomic E-state index is 14.3. The minimum absolute atomic E-state index is 0.0177. The summed E-state index contributed by atoms with van der Waals surface area (Å²) in [6, 6.07) is 5.05. The molecule has 3 aromatic rings. The lowest BCUT2D eigenvalue weighted by molar-refractivity contribution is -0.690. The molecule has 2 aromatic heterocycles. The Labute approximate surface area is 168 Å². The summed E-state index contributed by atoms with van der Waals surface area (Å²) in [5.74, 6) is -0.265. The highest BCUT2D eigenvalue weighted by atomic mass is 32.2. The molecule has 1 aliphatic heterocycles. The minimum Gasteiger partial charge on any atom is -0.334 e. The Kier molecular flexibility index (Phi) is 4.96. The molecule has 1 aromatic carbocycles. The van der Waals surface area contributed by atoms with Crippen LogP contribution in [0.3, 0.4) is 0 Å². The number of aromatic nitrogens is 2. The van der Waals surface area contributed by atoms with E-state index in [1.165, 1.54) is 29.2 Å². The zero-order valence-electron chi connectivity index (χ0n) is 15.2. The number of rotatable bonds is 3. The second-order valence-corrected chi connectivity index (χ2v) is 9.03. The molecule has 1 aliphatic rings. The highest BCUT2D eigenvalue weighted by Crippen LogP contribution is 2.46. The second kappa shape index (κ2) is 7.26. The third-order valence-corrected chi connectivity index (χ3v) is 7.84. The summed E-state index contributed by atoms with van der Waals surface area (Å²) in [7, 11) is 1.82. The average molecular weight is 421 g/mol.